The first-order valence-electron chi connectivity index (χ1n) is 5.66. The molecule has 0 aliphatic carbocycles. The van der Waals surface area contributed by atoms with Crippen LogP contribution in [0.5, 0.6) is 0 Å². The van der Waals surface area contributed by atoms with Crippen molar-refractivity contribution in [3.05, 3.63) is 35.4 Å². The lowest BCUT2D eigenvalue weighted by atomic mass is 9.87. The van der Waals surface area contributed by atoms with Crippen LogP contribution in [0.3, 0.4) is 0 Å². The molecule has 1 aromatic carbocycles. The number of fused-ring (bicyclic) bond motifs is 1. The van der Waals surface area contributed by atoms with Gasteiger partial charge in [0.05, 0.1) is 0 Å². The predicted molar refractivity (Wildman–Crippen MR) is 65.2 cm³/mol. The maximum Gasteiger partial charge on any atom is 0.673 e. The van der Waals surface area contributed by atoms with E-state index in [-0.39, 0.29) is 5.54 Å². The lowest BCUT2D eigenvalue weighted by Gasteiger charge is -2.21. The molecule has 1 aliphatic heterocycles. The molecule has 0 aromatic heterocycles. The summed E-state index contributed by atoms with van der Waals surface area (Å²) in [5.74, 6) is 0. The predicted octanol–water partition coefficient (Wildman–Crippen LogP) is 2.21. The fraction of sp³-hybridized carbons (Fsp3) is 0.417. The molecule has 0 saturated carbocycles. The molecule has 0 spiro atoms. The van der Waals surface area contributed by atoms with E-state index in [1.165, 1.54) is 16.8 Å². The molecular weight excluding hydrogens is 245 g/mol. The molecular formula is C12H16BF4N. The van der Waals surface area contributed by atoms with Crippen LogP contribution >= 0.6 is 0 Å². The smallest absolute Gasteiger partial charge is 0.418 e. The lowest BCUT2D eigenvalue weighted by molar-refractivity contribution is -0.545. The largest absolute Gasteiger partial charge is 0.673 e. The summed E-state index contributed by atoms with van der Waals surface area (Å²) in [7, 11) is -6.00. The average Bonchev–Trinajstić information content (AvgIpc) is 2.12. The van der Waals surface area contributed by atoms with E-state index in [0.717, 1.165) is 6.42 Å². The lowest BCUT2D eigenvalue weighted by Crippen LogP contribution is -2.87. The Labute approximate surface area is 104 Å². The quantitative estimate of drug-likeness (QED) is 0.543. The van der Waals surface area contributed by atoms with Gasteiger partial charge in [-0.05, 0) is 11.6 Å². The molecule has 100 valence electrons. The third kappa shape index (κ3) is 4.90. The van der Waals surface area contributed by atoms with Crippen molar-refractivity contribution in [2.75, 3.05) is 0 Å². The van der Waals surface area contributed by atoms with Crippen LogP contribution in [-0.2, 0) is 6.42 Å². The Kier molecular flexibility index (Phi) is 4.19. The van der Waals surface area contributed by atoms with Crippen LogP contribution in [0, 0.1) is 0 Å². The van der Waals surface area contributed by atoms with Crippen molar-refractivity contribution >= 4 is 13.0 Å². The second-order valence-corrected chi connectivity index (χ2v) is 4.96. The van der Waals surface area contributed by atoms with E-state index in [2.05, 4.69) is 50.0 Å². The monoisotopic (exact) mass is 261 g/mol. The Balaban J connectivity index is 0.000000280. The van der Waals surface area contributed by atoms with Crippen molar-refractivity contribution in [3.63, 3.8) is 0 Å². The number of hydrogen-bond acceptors (Lipinski definition) is 0. The van der Waals surface area contributed by atoms with Gasteiger partial charge >= 0.3 is 7.25 Å². The van der Waals surface area contributed by atoms with Crippen molar-refractivity contribution < 1.29 is 22.3 Å². The molecule has 18 heavy (non-hydrogen) atoms. The topological polar surface area (TPSA) is 14.0 Å². The molecule has 0 amide bonds. The zero-order valence-electron chi connectivity index (χ0n) is 10.6. The van der Waals surface area contributed by atoms with E-state index in [9.17, 15) is 17.3 Å². The summed E-state index contributed by atoms with van der Waals surface area (Å²) in [5, 5.41) is 0. The highest BCUT2D eigenvalue weighted by Gasteiger charge is 2.30. The van der Waals surface area contributed by atoms with Gasteiger partial charge in [0.25, 0.3) is 0 Å². The molecule has 2 rings (SSSR count). The number of benzene rings is 1. The van der Waals surface area contributed by atoms with Crippen LogP contribution in [0.1, 0.15) is 31.9 Å². The van der Waals surface area contributed by atoms with Crippen LogP contribution in [0.4, 0.5) is 17.3 Å². The van der Waals surface area contributed by atoms with Gasteiger partial charge in [0.15, 0.2) is 11.3 Å². The summed E-state index contributed by atoms with van der Waals surface area (Å²) in [6.45, 7) is 6.64. The van der Waals surface area contributed by atoms with Gasteiger partial charge in [-0.15, -0.1) is 0 Å². The molecule has 1 heterocycles. The summed E-state index contributed by atoms with van der Waals surface area (Å²) in [6.07, 6.45) is 1.11. The minimum Gasteiger partial charge on any atom is -0.418 e. The van der Waals surface area contributed by atoms with Gasteiger partial charge in [0.2, 0.25) is 0 Å². The van der Waals surface area contributed by atoms with E-state index in [0.29, 0.717) is 0 Å². The van der Waals surface area contributed by atoms with Gasteiger partial charge in [-0.1, -0.05) is 18.2 Å². The van der Waals surface area contributed by atoms with Gasteiger partial charge in [-0.2, -0.15) is 0 Å². The normalized spacial score (nSPS) is 17.2. The van der Waals surface area contributed by atoms with Crippen LogP contribution < -0.4 is 4.99 Å². The summed E-state index contributed by atoms with van der Waals surface area (Å²) in [6, 6.07) is 8.63. The van der Waals surface area contributed by atoms with Crippen LogP contribution in [0.15, 0.2) is 24.3 Å². The molecule has 0 radical (unpaired) electrons. The third-order valence-corrected chi connectivity index (χ3v) is 2.58. The first-order valence-corrected chi connectivity index (χ1v) is 5.66. The Hall–Kier alpha value is -1.33. The minimum absolute atomic E-state index is 0.207. The van der Waals surface area contributed by atoms with Gasteiger partial charge in [0.1, 0.15) is 0 Å². The summed E-state index contributed by atoms with van der Waals surface area (Å²) in [5.41, 5.74) is 4.34. The van der Waals surface area contributed by atoms with Crippen molar-refractivity contribution in [3.8, 4) is 0 Å². The second kappa shape index (κ2) is 5.12. The maximum absolute atomic E-state index is 9.75. The maximum atomic E-state index is 9.75. The molecule has 1 nitrogen and oxygen atoms in total. The van der Waals surface area contributed by atoms with E-state index >= 15 is 0 Å². The fourth-order valence-corrected chi connectivity index (χ4v) is 2.14. The number of rotatable bonds is 0. The third-order valence-electron chi connectivity index (χ3n) is 2.58. The highest BCUT2D eigenvalue weighted by Crippen LogP contribution is 2.16. The Morgan fingerprint density at radius 1 is 1.11 bits per heavy atom. The Bertz CT molecular complexity index is 446. The molecule has 0 saturated heterocycles. The summed E-state index contributed by atoms with van der Waals surface area (Å²) >= 11 is 0. The summed E-state index contributed by atoms with van der Waals surface area (Å²) in [4.78, 5) is 3.53. The molecule has 1 aliphatic rings. The van der Waals surface area contributed by atoms with Crippen LogP contribution in [0.25, 0.3) is 0 Å². The van der Waals surface area contributed by atoms with E-state index < -0.39 is 7.25 Å². The van der Waals surface area contributed by atoms with E-state index in [1.54, 1.807) is 0 Å². The fourth-order valence-electron chi connectivity index (χ4n) is 2.14. The standard InChI is InChI=1S/C12H15N.BF4/c1-9-11-7-5-4-6-10(11)8-12(2,3)13-9;2-1(3,4)5/h4-7H,8H2,1-3H3;/q;-1/p+1. The molecule has 6 heteroatoms. The second-order valence-electron chi connectivity index (χ2n) is 4.96. The van der Waals surface area contributed by atoms with E-state index in [1.807, 2.05) is 0 Å². The minimum atomic E-state index is -6.00. The average molecular weight is 261 g/mol. The molecule has 0 bridgehead atoms. The zero-order chi connectivity index (χ0) is 14.0. The first-order chi connectivity index (χ1) is 8.08. The van der Waals surface area contributed by atoms with Crippen molar-refractivity contribution in [1.82, 2.24) is 0 Å². The molecule has 1 aromatic rings. The van der Waals surface area contributed by atoms with Crippen molar-refractivity contribution in [2.24, 2.45) is 0 Å². The molecule has 1 N–H and O–H groups in total. The van der Waals surface area contributed by atoms with Gasteiger partial charge in [-0.25, -0.2) is 4.99 Å². The molecule has 0 atom stereocenters. The SMILES string of the molecule is CC1=[NH+]C(C)(C)Cc2ccccc21.F[B-](F)(F)F. The van der Waals surface area contributed by atoms with Crippen LogP contribution in [0.2, 0.25) is 0 Å². The van der Waals surface area contributed by atoms with Crippen molar-refractivity contribution in [1.29, 1.82) is 0 Å². The molecule has 0 unspecified atom stereocenters. The van der Waals surface area contributed by atoms with E-state index in [4.69, 9.17) is 0 Å². The summed E-state index contributed by atoms with van der Waals surface area (Å²) < 4.78 is 39.0. The highest BCUT2D eigenvalue weighted by molar-refractivity contribution is 6.50. The number of halogens is 4. The zero-order valence-corrected chi connectivity index (χ0v) is 10.6. The highest BCUT2D eigenvalue weighted by atomic mass is 19.5. The number of hydrogen-bond donors (Lipinski definition) is 1. The van der Waals surface area contributed by atoms with Crippen LogP contribution in [-0.4, -0.2) is 18.5 Å². The Morgan fingerprint density at radius 3 is 2.17 bits per heavy atom. The molecule has 0 fully saturated rings. The van der Waals surface area contributed by atoms with Gasteiger partial charge in [-0.3, -0.25) is 0 Å². The van der Waals surface area contributed by atoms with Gasteiger partial charge < -0.3 is 17.3 Å². The Morgan fingerprint density at radius 2 is 1.61 bits per heavy atom. The van der Waals surface area contributed by atoms with Gasteiger partial charge in [0, 0.05) is 32.8 Å². The number of nitrogens with one attached hydrogen (secondary N) is 1. The first kappa shape index (κ1) is 14.7. The van der Waals surface area contributed by atoms with Crippen molar-refractivity contribution in [2.45, 2.75) is 32.7 Å².